The molecule has 6 nitrogen and oxygen atoms in total. The van der Waals surface area contributed by atoms with Crippen molar-refractivity contribution in [3.8, 4) is 6.07 Å². The highest BCUT2D eigenvalue weighted by molar-refractivity contribution is 7.89. The summed E-state index contributed by atoms with van der Waals surface area (Å²) >= 11 is 0. The van der Waals surface area contributed by atoms with Crippen LogP contribution >= 0.6 is 0 Å². The molecule has 1 heterocycles. The Hall–Kier alpha value is -2.31. The monoisotopic (exact) mass is 500 g/mol. The van der Waals surface area contributed by atoms with Crippen molar-refractivity contribution in [2.24, 2.45) is 5.92 Å². The number of piperazine rings is 1. The smallest absolute Gasteiger partial charge is 0.242 e. The lowest BCUT2D eigenvalue weighted by molar-refractivity contribution is 0.125. The first-order valence-corrected chi connectivity index (χ1v) is 13.8. The van der Waals surface area contributed by atoms with E-state index >= 15 is 0 Å². The molecule has 0 aromatic heterocycles. The number of halogens is 1. The van der Waals surface area contributed by atoms with Crippen LogP contribution in [-0.2, 0) is 15.4 Å². The first kappa shape index (κ1) is 27.3. The van der Waals surface area contributed by atoms with E-state index in [4.69, 9.17) is 0 Å². The van der Waals surface area contributed by atoms with Gasteiger partial charge in [0.05, 0.1) is 16.4 Å². The molecule has 0 bridgehead atoms. The van der Waals surface area contributed by atoms with E-state index in [1.807, 2.05) is 18.2 Å². The summed E-state index contributed by atoms with van der Waals surface area (Å²) in [7, 11) is -2.06. The van der Waals surface area contributed by atoms with Crippen molar-refractivity contribution in [1.82, 2.24) is 14.1 Å². The fourth-order valence-electron chi connectivity index (χ4n) is 4.76. The average molecular weight is 501 g/mol. The van der Waals surface area contributed by atoms with Crippen LogP contribution in [0.25, 0.3) is 0 Å². The SMILES string of the molecule is CC(C)C(C#N)(CCCN1CCN(CCN(C)S(=O)(=O)c2ccc(F)cc2)CC1)c1ccccc1. The minimum atomic E-state index is -3.62. The Bertz CT molecular complexity index is 1080. The minimum Gasteiger partial charge on any atom is -0.301 e. The molecule has 0 amide bonds. The van der Waals surface area contributed by atoms with E-state index in [0.29, 0.717) is 13.1 Å². The summed E-state index contributed by atoms with van der Waals surface area (Å²) in [6.45, 7) is 9.88. The molecule has 2 aromatic rings. The number of rotatable bonds is 11. The Morgan fingerprint density at radius 3 is 2.11 bits per heavy atom. The summed E-state index contributed by atoms with van der Waals surface area (Å²) in [6.07, 6.45) is 1.79. The van der Waals surface area contributed by atoms with E-state index in [1.54, 1.807) is 7.05 Å². The van der Waals surface area contributed by atoms with Crippen molar-refractivity contribution in [2.45, 2.75) is 37.0 Å². The van der Waals surface area contributed by atoms with Crippen molar-refractivity contribution in [3.63, 3.8) is 0 Å². The van der Waals surface area contributed by atoms with E-state index in [-0.39, 0.29) is 10.8 Å². The van der Waals surface area contributed by atoms with E-state index < -0.39 is 21.3 Å². The molecule has 0 aliphatic carbocycles. The van der Waals surface area contributed by atoms with Gasteiger partial charge in [-0.15, -0.1) is 0 Å². The molecule has 1 aliphatic heterocycles. The summed E-state index contributed by atoms with van der Waals surface area (Å²) in [5.41, 5.74) is 0.631. The second kappa shape index (κ2) is 12.1. The highest BCUT2D eigenvalue weighted by Crippen LogP contribution is 2.36. The van der Waals surface area contributed by atoms with Crippen LogP contribution in [0.4, 0.5) is 4.39 Å². The third kappa shape index (κ3) is 6.68. The highest BCUT2D eigenvalue weighted by Gasteiger charge is 2.35. The summed E-state index contributed by atoms with van der Waals surface area (Å²) < 4.78 is 39.9. The maximum absolute atomic E-state index is 13.1. The van der Waals surface area contributed by atoms with Gasteiger partial charge < -0.3 is 4.90 Å². The molecule has 8 heteroatoms. The zero-order valence-electron chi connectivity index (χ0n) is 21.0. The Morgan fingerprint density at radius 1 is 1.00 bits per heavy atom. The van der Waals surface area contributed by atoms with Crippen molar-refractivity contribution >= 4 is 10.0 Å². The van der Waals surface area contributed by atoms with Gasteiger partial charge in [0.25, 0.3) is 0 Å². The Morgan fingerprint density at radius 2 is 1.57 bits per heavy atom. The zero-order valence-corrected chi connectivity index (χ0v) is 21.8. The van der Waals surface area contributed by atoms with Crippen LogP contribution in [-0.4, -0.2) is 75.4 Å². The van der Waals surface area contributed by atoms with Crippen molar-refractivity contribution in [3.05, 3.63) is 66.0 Å². The Labute approximate surface area is 210 Å². The lowest BCUT2D eigenvalue weighted by atomic mass is 9.70. The number of benzene rings is 2. The third-order valence-electron chi connectivity index (χ3n) is 7.24. The maximum Gasteiger partial charge on any atom is 0.242 e. The summed E-state index contributed by atoms with van der Waals surface area (Å²) in [5, 5.41) is 10.1. The van der Waals surface area contributed by atoms with E-state index in [2.05, 4.69) is 41.8 Å². The normalized spacial score (nSPS) is 17.4. The predicted octanol–water partition coefficient (Wildman–Crippen LogP) is 3.96. The molecule has 0 N–H and O–H groups in total. The molecule has 0 spiro atoms. The summed E-state index contributed by atoms with van der Waals surface area (Å²) in [6, 6.07) is 17.7. The zero-order chi connectivity index (χ0) is 25.5. The van der Waals surface area contributed by atoms with Crippen LogP contribution in [0.3, 0.4) is 0 Å². The maximum atomic E-state index is 13.1. The van der Waals surface area contributed by atoms with Gasteiger partial charge in [0, 0.05) is 46.3 Å². The molecule has 190 valence electrons. The molecule has 35 heavy (non-hydrogen) atoms. The van der Waals surface area contributed by atoms with Crippen molar-refractivity contribution in [1.29, 1.82) is 5.26 Å². The van der Waals surface area contributed by atoms with Crippen LogP contribution in [0.2, 0.25) is 0 Å². The van der Waals surface area contributed by atoms with Crippen LogP contribution in [0.5, 0.6) is 0 Å². The van der Waals surface area contributed by atoms with Gasteiger partial charge >= 0.3 is 0 Å². The molecule has 1 aliphatic rings. The summed E-state index contributed by atoms with van der Waals surface area (Å²) in [5.74, 6) is -0.220. The molecular formula is C27H37FN4O2S. The van der Waals surface area contributed by atoms with Crippen LogP contribution in [0, 0.1) is 23.1 Å². The van der Waals surface area contributed by atoms with E-state index in [1.165, 1.54) is 28.6 Å². The predicted molar refractivity (Wildman–Crippen MR) is 137 cm³/mol. The summed E-state index contributed by atoms with van der Waals surface area (Å²) in [4.78, 5) is 4.82. The van der Waals surface area contributed by atoms with Crippen LogP contribution in [0.1, 0.15) is 32.3 Å². The quantitative estimate of drug-likeness (QED) is 0.467. The topological polar surface area (TPSA) is 67.7 Å². The molecule has 2 aromatic carbocycles. The van der Waals surface area contributed by atoms with Crippen molar-refractivity contribution < 1.29 is 12.8 Å². The fourth-order valence-corrected chi connectivity index (χ4v) is 5.92. The number of hydrogen-bond donors (Lipinski definition) is 0. The lowest BCUT2D eigenvalue weighted by Gasteiger charge is -2.36. The average Bonchev–Trinajstić information content (AvgIpc) is 2.86. The van der Waals surface area contributed by atoms with Gasteiger partial charge in [-0.25, -0.2) is 12.8 Å². The van der Waals surface area contributed by atoms with Gasteiger partial charge in [0.2, 0.25) is 10.0 Å². The largest absolute Gasteiger partial charge is 0.301 e. The number of likely N-dealkylation sites (N-methyl/N-ethyl adjacent to an activating group) is 1. The second-order valence-corrected chi connectivity index (χ2v) is 11.7. The first-order chi connectivity index (χ1) is 16.7. The number of nitriles is 1. The van der Waals surface area contributed by atoms with Gasteiger partial charge in [-0.2, -0.15) is 9.57 Å². The standard InChI is InChI=1S/C27H37FN4O2S/c1-23(2)27(22-29,24-8-5-4-6-9-24)14-7-15-31-18-20-32(21-19-31)17-16-30(3)35(33,34)26-12-10-25(28)11-13-26/h4-6,8-13,23H,7,14-21H2,1-3H3. The molecule has 1 fully saturated rings. The first-order valence-electron chi connectivity index (χ1n) is 12.3. The van der Waals surface area contributed by atoms with Gasteiger partial charge in [0.1, 0.15) is 5.82 Å². The Balaban J connectivity index is 1.44. The van der Waals surface area contributed by atoms with Gasteiger partial charge in [0.15, 0.2) is 0 Å². The fraction of sp³-hybridized carbons (Fsp3) is 0.519. The second-order valence-electron chi connectivity index (χ2n) is 9.67. The number of sulfonamides is 1. The van der Waals surface area contributed by atoms with E-state index in [9.17, 15) is 18.1 Å². The van der Waals surface area contributed by atoms with Crippen molar-refractivity contribution in [2.75, 3.05) is 52.9 Å². The minimum absolute atomic E-state index is 0.108. The Kier molecular flexibility index (Phi) is 9.42. The lowest BCUT2D eigenvalue weighted by Crippen LogP contribution is -2.48. The third-order valence-corrected chi connectivity index (χ3v) is 9.11. The van der Waals surface area contributed by atoms with E-state index in [0.717, 1.165) is 51.1 Å². The molecule has 1 saturated heterocycles. The highest BCUT2D eigenvalue weighted by atomic mass is 32.2. The number of nitrogens with zero attached hydrogens (tertiary/aromatic N) is 4. The van der Waals surface area contributed by atoms with Gasteiger partial charge in [-0.1, -0.05) is 44.2 Å². The molecule has 3 rings (SSSR count). The van der Waals surface area contributed by atoms with Crippen LogP contribution < -0.4 is 0 Å². The van der Waals surface area contributed by atoms with Gasteiger partial charge in [-0.3, -0.25) is 4.90 Å². The van der Waals surface area contributed by atoms with Gasteiger partial charge in [-0.05, 0) is 55.1 Å². The molecule has 0 radical (unpaired) electrons. The molecule has 1 atom stereocenters. The molecule has 1 unspecified atom stereocenters. The molecular weight excluding hydrogens is 463 g/mol. The van der Waals surface area contributed by atoms with Crippen LogP contribution in [0.15, 0.2) is 59.5 Å². The molecule has 0 saturated carbocycles. The number of hydrogen-bond acceptors (Lipinski definition) is 5.